The number of halogens is 3. The number of ether oxygens (including phenoxy) is 1. The Morgan fingerprint density at radius 3 is 2.72 bits per heavy atom. The first-order valence-electron chi connectivity index (χ1n) is 15.8. The summed E-state index contributed by atoms with van der Waals surface area (Å²) in [5.74, 6) is -2.70. The minimum absolute atomic E-state index is 0.0163. The van der Waals surface area contributed by atoms with Gasteiger partial charge in [0, 0.05) is 53.1 Å². The van der Waals surface area contributed by atoms with Gasteiger partial charge in [0.2, 0.25) is 5.91 Å². The van der Waals surface area contributed by atoms with E-state index < -0.39 is 17.5 Å². The number of nitrogens with zero attached hydrogens (tertiary/aromatic N) is 7. The van der Waals surface area contributed by atoms with Crippen LogP contribution in [0.3, 0.4) is 0 Å². The molecule has 0 aliphatic carbocycles. The summed E-state index contributed by atoms with van der Waals surface area (Å²) in [6.07, 6.45) is 4.44. The molecule has 1 aliphatic heterocycles. The summed E-state index contributed by atoms with van der Waals surface area (Å²) in [4.78, 5) is 28.1. The summed E-state index contributed by atoms with van der Waals surface area (Å²) >= 11 is 1.37. The highest BCUT2D eigenvalue weighted by Crippen LogP contribution is 2.47. The van der Waals surface area contributed by atoms with Crippen molar-refractivity contribution in [3.63, 3.8) is 0 Å². The predicted octanol–water partition coefficient (Wildman–Crippen LogP) is 7.86. The number of carbonyl (C=O) groups excluding carboxylic acids is 1. The number of rotatable bonds is 7. The van der Waals surface area contributed by atoms with Gasteiger partial charge < -0.3 is 14.2 Å². The molecule has 0 saturated heterocycles. The normalized spacial score (nSPS) is 14.3. The Morgan fingerprint density at radius 1 is 1.04 bits per heavy atom. The van der Waals surface area contributed by atoms with Gasteiger partial charge in [0.1, 0.15) is 46.9 Å². The van der Waals surface area contributed by atoms with Crippen LogP contribution >= 0.6 is 11.3 Å². The van der Waals surface area contributed by atoms with Crippen molar-refractivity contribution in [1.29, 1.82) is 0 Å². The molecule has 7 aromatic rings. The van der Waals surface area contributed by atoms with E-state index in [4.69, 9.17) is 14.8 Å². The maximum absolute atomic E-state index is 16.3. The van der Waals surface area contributed by atoms with E-state index in [1.54, 1.807) is 11.2 Å². The van der Waals surface area contributed by atoms with Crippen molar-refractivity contribution < 1.29 is 22.7 Å². The van der Waals surface area contributed by atoms with E-state index in [0.29, 0.717) is 40.4 Å². The summed E-state index contributed by atoms with van der Waals surface area (Å²) in [5.41, 5.74) is 4.92. The Morgan fingerprint density at radius 2 is 1.90 bits per heavy atom. The molecule has 8 rings (SSSR count). The predicted molar refractivity (Wildman–Crippen MR) is 185 cm³/mol. The number of imidazole rings is 1. The van der Waals surface area contributed by atoms with Crippen LogP contribution < -0.4 is 4.74 Å². The van der Waals surface area contributed by atoms with Gasteiger partial charge in [-0.1, -0.05) is 12.6 Å². The van der Waals surface area contributed by atoms with E-state index in [9.17, 15) is 13.6 Å². The molecule has 1 aliphatic rings. The molecular weight excluding hydrogens is 664 g/mol. The minimum Gasteiger partial charge on any atom is -0.486 e. The first-order chi connectivity index (χ1) is 24.2. The maximum Gasteiger partial charge on any atom is 0.246 e. The Kier molecular flexibility index (Phi) is 7.71. The van der Waals surface area contributed by atoms with Crippen molar-refractivity contribution in [1.82, 2.24) is 34.2 Å². The molecule has 0 unspecified atom stereocenters. The third-order valence-corrected chi connectivity index (χ3v) is 9.97. The van der Waals surface area contributed by atoms with Crippen molar-refractivity contribution in [3.05, 3.63) is 114 Å². The van der Waals surface area contributed by atoms with Crippen LogP contribution in [0.15, 0.2) is 85.2 Å². The van der Waals surface area contributed by atoms with E-state index in [0.717, 1.165) is 39.8 Å². The summed E-state index contributed by atoms with van der Waals surface area (Å²) in [6.45, 7) is 6.03. The van der Waals surface area contributed by atoms with Gasteiger partial charge in [-0.3, -0.25) is 14.5 Å². The van der Waals surface area contributed by atoms with E-state index >= 15 is 4.39 Å². The fourth-order valence-corrected chi connectivity index (χ4v) is 7.51. The van der Waals surface area contributed by atoms with Crippen molar-refractivity contribution in [2.75, 3.05) is 6.54 Å². The van der Waals surface area contributed by atoms with Crippen molar-refractivity contribution in [2.24, 2.45) is 7.05 Å². The number of benzene rings is 2. The smallest absolute Gasteiger partial charge is 0.246 e. The lowest BCUT2D eigenvalue weighted by atomic mass is 9.96. The maximum atomic E-state index is 16.3. The lowest BCUT2D eigenvalue weighted by Crippen LogP contribution is -2.40. The van der Waals surface area contributed by atoms with Crippen LogP contribution in [-0.2, 0) is 25.0 Å². The van der Waals surface area contributed by atoms with Crippen molar-refractivity contribution in [3.8, 4) is 39.5 Å². The fourth-order valence-electron chi connectivity index (χ4n) is 6.56. The molecule has 0 saturated carbocycles. The summed E-state index contributed by atoms with van der Waals surface area (Å²) < 4.78 is 56.0. The van der Waals surface area contributed by atoms with Crippen LogP contribution in [0.5, 0.6) is 5.75 Å². The molecule has 0 N–H and O–H groups in total. The first kappa shape index (κ1) is 31.4. The second-order valence-corrected chi connectivity index (χ2v) is 12.9. The van der Waals surface area contributed by atoms with Gasteiger partial charge in [0.15, 0.2) is 0 Å². The zero-order valence-corrected chi connectivity index (χ0v) is 27.7. The number of thiophene rings is 1. The zero-order chi connectivity index (χ0) is 34.7. The fraction of sp³-hybridized carbons (Fsp3) is 0.162. The second kappa shape index (κ2) is 12.3. The molecule has 0 bridgehead atoms. The highest BCUT2D eigenvalue weighted by molar-refractivity contribution is 7.18. The molecule has 50 heavy (non-hydrogen) atoms. The summed E-state index contributed by atoms with van der Waals surface area (Å²) in [7, 11) is 1.92. The van der Waals surface area contributed by atoms with E-state index in [1.807, 2.05) is 58.9 Å². The Balaban J connectivity index is 1.37. The largest absolute Gasteiger partial charge is 0.486 e. The number of aryl methyl sites for hydroxylation is 1. The van der Waals surface area contributed by atoms with Gasteiger partial charge in [-0.15, -0.1) is 11.3 Å². The van der Waals surface area contributed by atoms with Crippen LogP contribution in [0.1, 0.15) is 24.4 Å². The number of aromatic nitrogens is 6. The van der Waals surface area contributed by atoms with Gasteiger partial charge in [-0.05, 0) is 54.8 Å². The molecule has 250 valence electrons. The molecular formula is C37H28F3N7O2S. The molecule has 5 aromatic heterocycles. The molecule has 2 aromatic carbocycles. The first-order valence-corrected chi connectivity index (χ1v) is 16.6. The monoisotopic (exact) mass is 691 g/mol. The van der Waals surface area contributed by atoms with Crippen LogP contribution in [0.4, 0.5) is 13.2 Å². The topological polar surface area (TPSA) is 91.0 Å². The average Bonchev–Trinajstić information content (AvgIpc) is 3.86. The molecule has 1 amide bonds. The number of carbonyl (C=O) groups is 1. The minimum atomic E-state index is -0.887. The third-order valence-electron chi connectivity index (χ3n) is 9.03. The average molecular weight is 692 g/mol. The number of pyridine rings is 2. The lowest BCUT2D eigenvalue weighted by Gasteiger charge is -2.33. The van der Waals surface area contributed by atoms with Crippen LogP contribution in [0.25, 0.3) is 54.9 Å². The highest BCUT2D eigenvalue weighted by Gasteiger charge is 2.31. The molecule has 0 radical (unpaired) electrons. The van der Waals surface area contributed by atoms with Gasteiger partial charge in [0.25, 0.3) is 0 Å². The van der Waals surface area contributed by atoms with E-state index in [-0.39, 0.29) is 35.6 Å². The quantitative estimate of drug-likeness (QED) is 0.158. The lowest BCUT2D eigenvalue weighted by molar-refractivity contribution is -0.129. The molecule has 9 nitrogen and oxygen atoms in total. The molecule has 0 spiro atoms. The van der Waals surface area contributed by atoms with Gasteiger partial charge >= 0.3 is 0 Å². The van der Waals surface area contributed by atoms with E-state index in [2.05, 4.69) is 16.5 Å². The Bertz CT molecular complexity index is 2490. The Labute approximate surface area is 287 Å². The summed E-state index contributed by atoms with van der Waals surface area (Å²) in [5, 5.41) is 7.53. The van der Waals surface area contributed by atoms with Gasteiger partial charge in [-0.2, -0.15) is 5.10 Å². The molecule has 13 heteroatoms. The standard InChI is InChI=1S/C37H28F3N7O2S/c1-4-32(48)46-11-12-47-30(20(46)2)17-27(44-47)36-34(33-25(40)15-22(38)16-31(33)49-18-28-24(39)6-5-10-41-28)37-23(9-13-50-37)35(43-36)21-7-8-29-26(14-21)42-19-45(29)3/h4-10,13-17,19-20H,1,11-12,18H2,2-3H3/t20-/m1/s1. The van der Waals surface area contributed by atoms with Crippen LogP contribution in [0.2, 0.25) is 0 Å². The zero-order valence-electron chi connectivity index (χ0n) is 26.9. The molecule has 6 heterocycles. The van der Waals surface area contributed by atoms with E-state index in [1.165, 1.54) is 35.7 Å². The number of hydrogen-bond donors (Lipinski definition) is 0. The number of hydrogen-bond acceptors (Lipinski definition) is 7. The number of fused-ring (bicyclic) bond motifs is 3. The van der Waals surface area contributed by atoms with Crippen LogP contribution in [-0.4, -0.2) is 46.7 Å². The SMILES string of the molecule is C=CC(=O)N1CCn2nc(-c3nc(-c4ccc5c(c4)ncn5C)c4ccsc4c3-c3c(F)cc(F)cc3OCc3ncccc3F)cc2[C@H]1C. The number of amides is 1. The molecule has 0 fully saturated rings. The van der Waals surface area contributed by atoms with Crippen LogP contribution in [0, 0.1) is 17.5 Å². The summed E-state index contributed by atoms with van der Waals surface area (Å²) in [6, 6.07) is 13.8. The second-order valence-electron chi connectivity index (χ2n) is 12.0. The van der Waals surface area contributed by atoms with Gasteiger partial charge in [0.05, 0.1) is 46.9 Å². The van der Waals surface area contributed by atoms with Crippen molar-refractivity contribution >= 4 is 38.4 Å². The van der Waals surface area contributed by atoms with Gasteiger partial charge in [-0.25, -0.2) is 23.1 Å². The van der Waals surface area contributed by atoms with Crippen molar-refractivity contribution in [2.45, 2.75) is 26.1 Å². The third kappa shape index (κ3) is 5.21. The highest BCUT2D eigenvalue weighted by atomic mass is 32.1. The Hall–Kier alpha value is -5.82. The molecule has 1 atom stereocenters.